The number of halogens is 2. The van der Waals surface area contributed by atoms with Gasteiger partial charge in [0, 0.05) is 19.8 Å². The first-order valence-electron chi connectivity index (χ1n) is 4.80. The van der Waals surface area contributed by atoms with Crippen molar-refractivity contribution in [2.24, 2.45) is 12.8 Å². The lowest BCUT2D eigenvalue weighted by molar-refractivity contribution is 0.629. The molecule has 1 heterocycles. The molecular weight excluding hydrogens is 229 g/mol. The molecule has 84 valence electrons. The molecule has 0 aliphatic rings. The Morgan fingerprint density at radius 3 is 2.81 bits per heavy atom. The Hall–Kier alpha value is -1.39. The summed E-state index contributed by atoms with van der Waals surface area (Å²) < 4.78 is 15.4. The molecule has 0 bridgehead atoms. The molecule has 0 amide bonds. The van der Waals surface area contributed by atoms with Crippen molar-refractivity contribution in [3.63, 3.8) is 0 Å². The highest BCUT2D eigenvalue weighted by Gasteiger charge is 2.14. The largest absolute Gasteiger partial charge is 0.334 e. The first-order valence-corrected chi connectivity index (χ1v) is 5.18. The highest BCUT2D eigenvalue weighted by atomic mass is 35.5. The highest BCUT2D eigenvalue weighted by molar-refractivity contribution is 6.33. The molecule has 5 heteroatoms. The highest BCUT2D eigenvalue weighted by Crippen LogP contribution is 2.29. The third-order valence-electron chi connectivity index (χ3n) is 2.32. The second-order valence-electron chi connectivity index (χ2n) is 3.47. The van der Waals surface area contributed by atoms with Gasteiger partial charge in [0.15, 0.2) is 0 Å². The van der Waals surface area contributed by atoms with Crippen LogP contribution in [0.5, 0.6) is 0 Å². The van der Waals surface area contributed by atoms with Crippen molar-refractivity contribution in [3.05, 3.63) is 40.9 Å². The van der Waals surface area contributed by atoms with E-state index in [-0.39, 0.29) is 5.82 Å². The van der Waals surface area contributed by atoms with Crippen LogP contribution < -0.4 is 5.73 Å². The molecule has 0 saturated carbocycles. The minimum Gasteiger partial charge on any atom is -0.334 e. The average Bonchev–Trinajstić information content (AvgIpc) is 2.60. The second-order valence-corrected chi connectivity index (χ2v) is 3.87. The quantitative estimate of drug-likeness (QED) is 0.874. The molecule has 0 radical (unpaired) electrons. The van der Waals surface area contributed by atoms with E-state index in [4.69, 9.17) is 17.3 Å². The van der Waals surface area contributed by atoms with Gasteiger partial charge < -0.3 is 10.3 Å². The summed E-state index contributed by atoms with van der Waals surface area (Å²) in [5.41, 5.74) is 6.50. The number of nitrogens with two attached hydrogens (primary N) is 1. The van der Waals surface area contributed by atoms with Gasteiger partial charge >= 0.3 is 0 Å². The number of hydrogen-bond acceptors (Lipinski definition) is 2. The van der Waals surface area contributed by atoms with Gasteiger partial charge in [-0.25, -0.2) is 9.37 Å². The van der Waals surface area contributed by atoms with Gasteiger partial charge in [-0.2, -0.15) is 0 Å². The Balaban J connectivity index is 2.62. The Morgan fingerprint density at radius 1 is 1.50 bits per heavy atom. The molecule has 0 aliphatic carbocycles. The maximum absolute atomic E-state index is 13.7. The number of nitrogens with zero attached hydrogens (tertiary/aromatic N) is 2. The molecule has 0 spiro atoms. The van der Waals surface area contributed by atoms with E-state index in [0.29, 0.717) is 28.6 Å². The van der Waals surface area contributed by atoms with Crippen LogP contribution >= 0.6 is 11.6 Å². The minimum atomic E-state index is -0.384. The summed E-state index contributed by atoms with van der Waals surface area (Å²) in [7, 11) is 1.78. The number of imidazole rings is 1. The van der Waals surface area contributed by atoms with Crippen LogP contribution in [0.15, 0.2) is 24.4 Å². The summed E-state index contributed by atoms with van der Waals surface area (Å²) in [6, 6.07) is 4.56. The Bertz CT molecular complexity index is 502. The van der Waals surface area contributed by atoms with Gasteiger partial charge in [0.2, 0.25) is 0 Å². The van der Waals surface area contributed by atoms with E-state index in [1.54, 1.807) is 29.9 Å². The molecule has 0 saturated heterocycles. The zero-order valence-electron chi connectivity index (χ0n) is 8.74. The van der Waals surface area contributed by atoms with Crippen molar-refractivity contribution in [2.75, 3.05) is 0 Å². The van der Waals surface area contributed by atoms with E-state index < -0.39 is 0 Å². The van der Waals surface area contributed by atoms with Crippen molar-refractivity contribution in [1.82, 2.24) is 9.55 Å². The van der Waals surface area contributed by atoms with Gasteiger partial charge in [0.1, 0.15) is 11.6 Å². The molecule has 1 aromatic heterocycles. The minimum absolute atomic E-state index is 0.311. The van der Waals surface area contributed by atoms with Crippen LogP contribution in [0.3, 0.4) is 0 Å². The number of benzene rings is 1. The van der Waals surface area contributed by atoms with Crippen LogP contribution in [0.25, 0.3) is 11.4 Å². The molecule has 2 N–H and O–H groups in total. The fourth-order valence-corrected chi connectivity index (χ4v) is 1.82. The predicted molar refractivity (Wildman–Crippen MR) is 61.5 cm³/mol. The Morgan fingerprint density at radius 2 is 2.25 bits per heavy atom. The monoisotopic (exact) mass is 239 g/mol. The number of rotatable bonds is 2. The molecule has 3 nitrogen and oxygen atoms in total. The summed E-state index contributed by atoms with van der Waals surface area (Å²) in [5, 5.41) is 0.345. The van der Waals surface area contributed by atoms with Crippen molar-refractivity contribution in [3.8, 4) is 11.4 Å². The van der Waals surface area contributed by atoms with E-state index >= 15 is 0 Å². The fraction of sp³-hybridized carbons (Fsp3) is 0.182. The molecule has 2 aromatic rings. The molecule has 0 aliphatic heterocycles. The maximum atomic E-state index is 13.7. The summed E-state index contributed by atoms with van der Waals surface area (Å²) in [5.74, 6) is 0.105. The zero-order chi connectivity index (χ0) is 11.7. The zero-order valence-corrected chi connectivity index (χ0v) is 9.50. The lowest BCUT2D eigenvalue weighted by Crippen LogP contribution is -1.96. The lowest BCUT2D eigenvalue weighted by atomic mass is 10.2. The third-order valence-corrected chi connectivity index (χ3v) is 2.64. The van der Waals surface area contributed by atoms with Crippen LogP contribution in [-0.4, -0.2) is 9.55 Å². The topological polar surface area (TPSA) is 43.8 Å². The lowest BCUT2D eigenvalue weighted by Gasteiger charge is -2.05. The van der Waals surface area contributed by atoms with E-state index in [2.05, 4.69) is 4.98 Å². The van der Waals surface area contributed by atoms with Crippen LogP contribution in [0.1, 0.15) is 5.69 Å². The van der Waals surface area contributed by atoms with Crippen molar-refractivity contribution >= 4 is 11.6 Å². The van der Waals surface area contributed by atoms with Gasteiger partial charge in [-0.3, -0.25) is 0 Å². The number of aromatic nitrogens is 2. The van der Waals surface area contributed by atoms with Gasteiger partial charge in [-0.1, -0.05) is 17.7 Å². The van der Waals surface area contributed by atoms with E-state index in [0.717, 1.165) is 0 Å². The third kappa shape index (κ3) is 1.81. The maximum Gasteiger partial charge on any atom is 0.144 e. The molecular formula is C11H11ClFN3. The molecule has 16 heavy (non-hydrogen) atoms. The normalized spacial score (nSPS) is 10.8. The number of aryl methyl sites for hydroxylation is 1. The van der Waals surface area contributed by atoms with Gasteiger partial charge in [-0.05, 0) is 12.1 Å². The standard InChI is InChI=1S/C11H11ClFN3/c1-16-6-7(5-14)15-11(16)10-8(12)3-2-4-9(10)13/h2-4,6H,5,14H2,1H3. The Kier molecular flexibility index (Phi) is 2.94. The predicted octanol–water partition coefficient (Wildman–Crippen LogP) is 2.34. The summed E-state index contributed by atoms with van der Waals surface area (Å²) in [4.78, 5) is 4.23. The first kappa shape index (κ1) is 11.1. The smallest absolute Gasteiger partial charge is 0.144 e. The van der Waals surface area contributed by atoms with E-state index in [1.165, 1.54) is 6.07 Å². The summed E-state index contributed by atoms with van der Waals surface area (Å²) >= 11 is 5.96. The van der Waals surface area contributed by atoms with Crippen molar-refractivity contribution < 1.29 is 4.39 Å². The SMILES string of the molecule is Cn1cc(CN)nc1-c1c(F)cccc1Cl. The van der Waals surface area contributed by atoms with Gasteiger partial charge in [0.25, 0.3) is 0 Å². The molecule has 0 fully saturated rings. The van der Waals surface area contributed by atoms with E-state index in [9.17, 15) is 4.39 Å². The van der Waals surface area contributed by atoms with Gasteiger partial charge in [0.05, 0.1) is 16.3 Å². The second kappa shape index (κ2) is 4.23. The fourth-order valence-electron chi connectivity index (χ4n) is 1.57. The number of hydrogen-bond donors (Lipinski definition) is 1. The van der Waals surface area contributed by atoms with Gasteiger partial charge in [-0.15, -0.1) is 0 Å². The van der Waals surface area contributed by atoms with Crippen LogP contribution in [0.4, 0.5) is 4.39 Å². The molecule has 1 aromatic carbocycles. The van der Waals surface area contributed by atoms with Crippen LogP contribution in [0.2, 0.25) is 5.02 Å². The molecule has 0 unspecified atom stereocenters. The Labute approximate surface area is 97.7 Å². The van der Waals surface area contributed by atoms with E-state index in [1.807, 2.05) is 0 Å². The van der Waals surface area contributed by atoms with Crippen LogP contribution in [-0.2, 0) is 13.6 Å². The average molecular weight is 240 g/mol. The molecule has 2 rings (SSSR count). The van der Waals surface area contributed by atoms with Crippen LogP contribution in [0, 0.1) is 5.82 Å². The molecule has 0 atom stereocenters. The summed E-state index contributed by atoms with van der Waals surface area (Å²) in [6.45, 7) is 0.319. The first-order chi connectivity index (χ1) is 7.63. The summed E-state index contributed by atoms with van der Waals surface area (Å²) in [6.07, 6.45) is 1.76. The van der Waals surface area contributed by atoms with Crippen molar-refractivity contribution in [2.45, 2.75) is 6.54 Å². The van der Waals surface area contributed by atoms with Crippen molar-refractivity contribution in [1.29, 1.82) is 0 Å².